The van der Waals surface area contributed by atoms with E-state index in [0.717, 1.165) is 25.9 Å². The van der Waals surface area contributed by atoms with Crippen molar-refractivity contribution >= 4 is 0 Å². The Labute approximate surface area is 88.2 Å². The molecule has 4 N–H and O–H groups in total. The van der Waals surface area contributed by atoms with Gasteiger partial charge in [-0.15, -0.1) is 0 Å². The van der Waals surface area contributed by atoms with Crippen LogP contribution in [-0.4, -0.2) is 28.4 Å². The first-order chi connectivity index (χ1) is 7.18. The SMILES string of the molecule is Oc1ccc(CC2CCNC2)c(O)c1O. The lowest BCUT2D eigenvalue weighted by atomic mass is 9.97. The van der Waals surface area contributed by atoms with Gasteiger partial charge in [-0.25, -0.2) is 0 Å². The van der Waals surface area contributed by atoms with E-state index in [1.807, 2.05) is 0 Å². The Kier molecular flexibility index (Phi) is 2.68. The van der Waals surface area contributed by atoms with Gasteiger partial charge in [0.15, 0.2) is 11.5 Å². The van der Waals surface area contributed by atoms with Crippen molar-refractivity contribution in [1.82, 2.24) is 5.32 Å². The number of phenolic OH excluding ortho intramolecular Hbond substituents is 3. The lowest BCUT2D eigenvalue weighted by Crippen LogP contribution is -2.10. The van der Waals surface area contributed by atoms with Gasteiger partial charge in [-0.1, -0.05) is 6.07 Å². The first-order valence-corrected chi connectivity index (χ1v) is 5.12. The summed E-state index contributed by atoms with van der Waals surface area (Å²) >= 11 is 0. The van der Waals surface area contributed by atoms with Gasteiger partial charge < -0.3 is 20.6 Å². The second-order valence-corrected chi connectivity index (χ2v) is 4.00. The number of rotatable bonds is 2. The van der Waals surface area contributed by atoms with Gasteiger partial charge in [0.1, 0.15) is 0 Å². The molecule has 4 nitrogen and oxygen atoms in total. The first kappa shape index (κ1) is 10.1. The van der Waals surface area contributed by atoms with Crippen LogP contribution in [0.3, 0.4) is 0 Å². The second kappa shape index (κ2) is 3.98. The zero-order valence-corrected chi connectivity index (χ0v) is 8.40. The molecule has 1 fully saturated rings. The molecular weight excluding hydrogens is 194 g/mol. The lowest BCUT2D eigenvalue weighted by Gasteiger charge is -2.11. The summed E-state index contributed by atoms with van der Waals surface area (Å²) in [4.78, 5) is 0. The Bertz CT molecular complexity index is 359. The van der Waals surface area contributed by atoms with Crippen LogP contribution in [0, 0.1) is 5.92 Å². The smallest absolute Gasteiger partial charge is 0.200 e. The topological polar surface area (TPSA) is 72.7 Å². The molecule has 1 saturated heterocycles. The molecule has 4 heteroatoms. The molecule has 1 aliphatic rings. The van der Waals surface area contributed by atoms with Crippen LogP contribution in [0.4, 0.5) is 0 Å². The molecule has 0 radical (unpaired) electrons. The van der Waals surface area contributed by atoms with Crippen molar-refractivity contribution in [3.05, 3.63) is 17.7 Å². The van der Waals surface area contributed by atoms with E-state index >= 15 is 0 Å². The average Bonchev–Trinajstić information content (AvgIpc) is 2.72. The van der Waals surface area contributed by atoms with Gasteiger partial charge in [-0.3, -0.25) is 0 Å². The summed E-state index contributed by atoms with van der Waals surface area (Å²) in [7, 11) is 0. The monoisotopic (exact) mass is 209 g/mol. The molecule has 1 aliphatic heterocycles. The van der Waals surface area contributed by atoms with E-state index in [4.69, 9.17) is 5.11 Å². The Hall–Kier alpha value is -1.42. The van der Waals surface area contributed by atoms with Crippen molar-refractivity contribution in [3.8, 4) is 17.2 Å². The number of benzene rings is 1. The molecule has 0 amide bonds. The summed E-state index contributed by atoms with van der Waals surface area (Å²) in [5, 5.41) is 31.4. The lowest BCUT2D eigenvalue weighted by molar-refractivity contribution is 0.363. The standard InChI is InChI=1S/C11H15NO3/c13-9-2-1-8(10(14)11(9)15)5-7-3-4-12-6-7/h1-2,7,12-15H,3-6H2. The second-order valence-electron chi connectivity index (χ2n) is 4.00. The third kappa shape index (κ3) is 1.99. The predicted molar refractivity (Wildman–Crippen MR) is 56.1 cm³/mol. The quantitative estimate of drug-likeness (QED) is 0.547. The number of hydrogen-bond donors (Lipinski definition) is 4. The van der Waals surface area contributed by atoms with E-state index in [-0.39, 0.29) is 11.5 Å². The van der Waals surface area contributed by atoms with Crippen molar-refractivity contribution in [2.24, 2.45) is 5.92 Å². The van der Waals surface area contributed by atoms with E-state index in [0.29, 0.717) is 11.5 Å². The Morgan fingerprint density at radius 3 is 2.67 bits per heavy atom. The van der Waals surface area contributed by atoms with Crippen molar-refractivity contribution in [3.63, 3.8) is 0 Å². The normalized spacial score (nSPS) is 20.7. The molecule has 82 valence electrons. The average molecular weight is 209 g/mol. The van der Waals surface area contributed by atoms with E-state index in [1.54, 1.807) is 6.07 Å². The Balaban J connectivity index is 2.17. The van der Waals surface area contributed by atoms with Crippen molar-refractivity contribution < 1.29 is 15.3 Å². The van der Waals surface area contributed by atoms with Crippen molar-refractivity contribution in [1.29, 1.82) is 0 Å². The van der Waals surface area contributed by atoms with Crippen LogP contribution in [0.5, 0.6) is 17.2 Å². The number of nitrogens with one attached hydrogen (secondary N) is 1. The van der Waals surface area contributed by atoms with E-state index in [1.165, 1.54) is 6.07 Å². The van der Waals surface area contributed by atoms with Crippen molar-refractivity contribution in [2.45, 2.75) is 12.8 Å². The van der Waals surface area contributed by atoms with Gasteiger partial charge in [0.2, 0.25) is 5.75 Å². The largest absolute Gasteiger partial charge is 0.504 e. The van der Waals surface area contributed by atoms with Crippen molar-refractivity contribution in [2.75, 3.05) is 13.1 Å². The molecule has 0 aliphatic carbocycles. The van der Waals surface area contributed by atoms with Gasteiger partial charge in [0.05, 0.1) is 0 Å². The maximum atomic E-state index is 9.61. The predicted octanol–water partition coefficient (Wildman–Crippen LogP) is 0.955. The third-order valence-corrected chi connectivity index (χ3v) is 2.88. The number of hydrogen-bond acceptors (Lipinski definition) is 4. The first-order valence-electron chi connectivity index (χ1n) is 5.12. The van der Waals surface area contributed by atoms with Gasteiger partial charge >= 0.3 is 0 Å². The minimum Gasteiger partial charge on any atom is -0.504 e. The number of phenols is 3. The summed E-state index contributed by atoms with van der Waals surface area (Å²) in [6.07, 6.45) is 1.81. The molecule has 1 atom stereocenters. The van der Waals surface area contributed by atoms with Gasteiger partial charge in [0, 0.05) is 0 Å². The molecular formula is C11H15NO3. The molecule has 0 spiro atoms. The summed E-state index contributed by atoms with van der Waals surface area (Å²) in [5.74, 6) is -0.388. The van der Waals surface area contributed by atoms with E-state index in [9.17, 15) is 10.2 Å². The molecule has 0 aromatic heterocycles. The summed E-state index contributed by atoms with van der Waals surface area (Å²) in [6.45, 7) is 1.95. The maximum Gasteiger partial charge on any atom is 0.200 e. The van der Waals surface area contributed by atoms with Gasteiger partial charge in [-0.2, -0.15) is 0 Å². The van der Waals surface area contributed by atoms with Crippen LogP contribution in [0.1, 0.15) is 12.0 Å². The summed E-state index contributed by atoms with van der Waals surface area (Å²) in [5.41, 5.74) is 0.694. The van der Waals surface area contributed by atoms with Crippen LogP contribution in [-0.2, 0) is 6.42 Å². The fraction of sp³-hybridized carbons (Fsp3) is 0.455. The Morgan fingerprint density at radius 1 is 1.20 bits per heavy atom. The highest BCUT2D eigenvalue weighted by Gasteiger charge is 2.18. The zero-order valence-electron chi connectivity index (χ0n) is 8.40. The van der Waals surface area contributed by atoms with E-state index < -0.39 is 5.75 Å². The molecule has 1 heterocycles. The summed E-state index contributed by atoms with van der Waals surface area (Å²) in [6, 6.07) is 3.06. The highest BCUT2D eigenvalue weighted by Crippen LogP contribution is 2.38. The Morgan fingerprint density at radius 2 is 2.00 bits per heavy atom. The highest BCUT2D eigenvalue weighted by molar-refractivity contribution is 5.53. The molecule has 1 unspecified atom stereocenters. The highest BCUT2D eigenvalue weighted by atomic mass is 16.3. The molecule has 0 bridgehead atoms. The summed E-state index contributed by atoms with van der Waals surface area (Å²) < 4.78 is 0. The minimum atomic E-state index is -0.418. The molecule has 1 aromatic rings. The van der Waals surface area contributed by atoms with Crippen LogP contribution in [0.25, 0.3) is 0 Å². The van der Waals surface area contributed by atoms with Gasteiger partial charge in [0.25, 0.3) is 0 Å². The van der Waals surface area contributed by atoms with Crippen LogP contribution in [0.2, 0.25) is 0 Å². The van der Waals surface area contributed by atoms with Crippen LogP contribution in [0.15, 0.2) is 12.1 Å². The fourth-order valence-electron chi connectivity index (χ4n) is 1.98. The third-order valence-electron chi connectivity index (χ3n) is 2.88. The van der Waals surface area contributed by atoms with Crippen LogP contribution >= 0.6 is 0 Å². The molecule has 1 aromatic carbocycles. The maximum absolute atomic E-state index is 9.61. The van der Waals surface area contributed by atoms with E-state index in [2.05, 4.69) is 5.32 Å². The molecule has 15 heavy (non-hydrogen) atoms. The van der Waals surface area contributed by atoms with Gasteiger partial charge in [-0.05, 0) is 43.5 Å². The minimum absolute atomic E-state index is 0.193. The van der Waals surface area contributed by atoms with Crippen LogP contribution < -0.4 is 5.32 Å². The fourth-order valence-corrected chi connectivity index (χ4v) is 1.98. The zero-order chi connectivity index (χ0) is 10.8. The molecule has 0 saturated carbocycles. The molecule has 2 rings (SSSR count). The number of aromatic hydroxyl groups is 3.